The first-order valence-electron chi connectivity index (χ1n) is 10.5. The molecule has 0 saturated carbocycles. The molecule has 3 aromatic rings. The molecule has 168 valence electrons. The highest BCUT2D eigenvalue weighted by Gasteiger charge is 2.28. The minimum atomic E-state index is -0.449. The van der Waals surface area contributed by atoms with Crippen molar-refractivity contribution >= 4 is 28.2 Å². The van der Waals surface area contributed by atoms with Crippen LogP contribution in [-0.4, -0.2) is 18.0 Å². The van der Waals surface area contributed by atoms with Crippen LogP contribution in [-0.2, 0) is 24.2 Å². The molecule has 6 nitrogen and oxygen atoms in total. The van der Waals surface area contributed by atoms with Crippen molar-refractivity contribution in [3.8, 4) is 5.75 Å². The van der Waals surface area contributed by atoms with Crippen LogP contribution in [0.4, 0.5) is 9.39 Å². The second kappa shape index (κ2) is 9.56. The predicted molar refractivity (Wildman–Crippen MR) is 119 cm³/mol. The van der Waals surface area contributed by atoms with Crippen molar-refractivity contribution in [1.29, 1.82) is 0 Å². The van der Waals surface area contributed by atoms with Gasteiger partial charge in [-0.25, -0.2) is 9.18 Å². The van der Waals surface area contributed by atoms with E-state index < -0.39 is 11.9 Å². The minimum Gasteiger partial charge on any atom is -0.486 e. The number of halogens is 1. The highest BCUT2D eigenvalue weighted by atomic mass is 32.1. The van der Waals surface area contributed by atoms with Gasteiger partial charge in [-0.1, -0.05) is 0 Å². The average molecular weight is 458 g/mol. The van der Waals surface area contributed by atoms with Crippen LogP contribution in [0, 0.1) is 5.82 Å². The minimum absolute atomic E-state index is 0.0954. The molecule has 1 aliphatic carbocycles. The van der Waals surface area contributed by atoms with Crippen LogP contribution in [0.15, 0.2) is 40.8 Å². The largest absolute Gasteiger partial charge is 0.486 e. The number of benzene rings is 1. The van der Waals surface area contributed by atoms with Crippen molar-refractivity contribution in [2.24, 2.45) is 0 Å². The number of hydrogen-bond acceptors (Lipinski definition) is 6. The molecule has 1 N–H and O–H groups in total. The Morgan fingerprint density at radius 1 is 1.12 bits per heavy atom. The summed E-state index contributed by atoms with van der Waals surface area (Å²) in [7, 11) is 0. The Morgan fingerprint density at radius 2 is 1.88 bits per heavy atom. The molecule has 2 heterocycles. The fraction of sp³-hybridized carbons (Fsp3) is 0.333. The number of nitrogens with one attached hydrogen (secondary N) is 1. The second-order valence-electron chi connectivity index (χ2n) is 7.83. The zero-order valence-corrected chi connectivity index (χ0v) is 18.7. The number of ether oxygens (including phenoxy) is 2. The first-order valence-corrected chi connectivity index (χ1v) is 11.4. The van der Waals surface area contributed by atoms with Crippen molar-refractivity contribution in [2.75, 3.05) is 5.32 Å². The molecule has 0 spiro atoms. The quantitative estimate of drug-likeness (QED) is 0.457. The molecule has 8 heteroatoms. The molecule has 1 amide bonds. The van der Waals surface area contributed by atoms with Gasteiger partial charge in [0.1, 0.15) is 28.9 Å². The van der Waals surface area contributed by atoms with E-state index in [1.807, 2.05) is 0 Å². The fourth-order valence-electron chi connectivity index (χ4n) is 3.57. The van der Waals surface area contributed by atoms with E-state index in [1.165, 1.54) is 35.6 Å². The van der Waals surface area contributed by atoms with E-state index in [9.17, 15) is 14.0 Å². The van der Waals surface area contributed by atoms with Gasteiger partial charge in [0.2, 0.25) is 0 Å². The molecule has 4 rings (SSSR count). The number of hydrogen-bond donors (Lipinski definition) is 1. The number of fused-ring (bicyclic) bond motifs is 1. The van der Waals surface area contributed by atoms with E-state index in [2.05, 4.69) is 5.32 Å². The lowest BCUT2D eigenvalue weighted by atomic mass is 9.95. The van der Waals surface area contributed by atoms with Crippen LogP contribution in [0.2, 0.25) is 0 Å². The fourth-order valence-corrected chi connectivity index (χ4v) is 4.84. The third-order valence-corrected chi connectivity index (χ3v) is 6.23. The number of thiophene rings is 1. The van der Waals surface area contributed by atoms with Gasteiger partial charge in [0.15, 0.2) is 5.76 Å². The molecule has 2 aromatic heterocycles. The Balaban J connectivity index is 1.47. The summed E-state index contributed by atoms with van der Waals surface area (Å²) in [6, 6.07) is 8.84. The number of esters is 1. The van der Waals surface area contributed by atoms with Gasteiger partial charge < -0.3 is 19.2 Å². The number of amides is 1. The van der Waals surface area contributed by atoms with Crippen LogP contribution in [0.3, 0.4) is 0 Å². The Bertz CT molecular complexity index is 1120. The molecular weight excluding hydrogens is 433 g/mol. The van der Waals surface area contributed by atoms with Crippen molar-refractivity contribution in [3.05, 3.63) is 69.7 Å². The zero-order valence-electron chi connectivity index (χ0n) is 17.9. The first-order chi connectivity index (χ1) is 15.4. The Morgan fingerprint density at radius 3 is 2.62 bits per heavy atom. The van der Waals surface area contributed by atoms with Crippen LogP contribution in [0.25, 0.3) is 0 Å². The summed E-state index contributed by atoms with van der Waals surface area (Å²) in [4.78, 5) is 26.7. The van der Waals surface area contributed by atoms with Gasteiger partial charge in [-0.05, 0) is 81.5 Å². The van der Waals surface area contributed by atoms with E-state index in [1.54, 1.807) is 26.0 Å². The van der Waals surface area contributed by atoms with Gasteiger partial charge >= 0.3 is 5.97 Å². The summed E-state index contributed by atoms with van der Waals surface area (Å²) in [5, 5.41) is 3.33. The lowest BCUT2D eigenvalue weighted by molar-refractivity contribution is 0.0378. The predicted octanol–water partition coefficient (Wildman–Crippen LogP) is 5.76. The summed E-state index contributed by atoms with van der Waals surface area (Å²) >= 11 is 1.43. The van der Waals surface area contributed by atoms with Gasteiger partial charge in [-0.2, -0.15) is 0 Å². The van der Waals surface area contributed by atoms with Crippen LogP contribution in [0.1, 0.15) is 63.8 Å². The van der Waals surface area contributed by atoms with Crippen LogP contribution < -0.4 is 10.1 Å². The normalized spacial score (nSPS) is 13.0. The SMILES string of the molecule is CC(C)OC(=O)c1c(NC(=O)c2ccc(COc3ccc(F)cc3)o2)sc2c1CCCC2. The molecule has 1 aromatic carbocycles. The number of anilines is 1. The van der Waals surface area contributed by atoms with E-state index in [0.717, 1.165) is 36.1 Å². The van der Waals surface area contributed by atoms with Crippen molar-refractivity contribution in [3.63, 3.8) is 0 Å². The van der Waals surface area contributed by atoms with E-state index in [-0.39, 0.29) is 24.3 Å². The summed E-state index contributed by atoms with van der Waals surface area (Å²) in [6.45, 7) is 3.69. The van der Waals surface area contributed by atoms with Crippen LogP contribution >= 0.6 is 11.3 Å². The van der Waals surface area contributed by atoms with Gasteiger partial charge in [0.05, 0.1) is 11.7 Å². The maximum atomic E-state index is 13.0. The van der Waals surface area contributed by atoms with Crippen molar-refractivity contribution in [2.45, 2.75) is 52.2 Å². The Labute approximate surface area is 189 Å². The number of carbonyl (C=O) groups is 2. The first kappa shape index (κ1) is 22.1. The van der Waals surface area contributed by atoms with Gasteiger partial charge in [-0.15, -0.1) is 11.3 Å². The molecule has 0 unspecified atom stereocenters. The molecule has 0 bridgehead atoms. The monoisotopic (exact) mass is 457 g/mol. The van der Waals surface area contributed by atoms with E-state index >= 15 is 0 Å². The lowest BCUT2D eigenvalue weighted by Gasteiger charge is -2.14. The molecule has 0 radical (unpaired) electrons. The maximum absolute atomic E-state index is 13.0. The lowest BCUT2D eigenvalue weighted by Crippen LogP contribution is -2.17. The Hall–Kier alpha value is -3.13. The summed E-state index contributed by atoms with van der Waals surface area (Å²) < 4.78 is 29.6. The standard InChI is InChI=1S/C24H24FNO5S/c1-14(2)30-24(28)21-18-5-3-4-6-20(18)32-23(21)26-22(27)19-12-11-17(31-19)13-29-16-9-7-15(25)8-10-16/h7-12,14H,3-6,13H2,1-2H3,(H,26,27). The molecular formula is C24H24FNO5S. The maximum Gasteiger partial charge on any atom is 0.341 e. The third-order valence-electron chi connectivity index (χ3n) is 5.03. The van der Waals surface area contributed by atoms with Gasteiger partial charge in [0.25, 0.3) is 5.91 Å². The topological polar surface area (TPSA) is 77.8 Å². The molecule has 0 atom stereocenters. The van der Waals surface area contributed by atoms with Gasteiger partial charge in [0, 0.05) is 4.88 Å². The van der Waals surface area contributed by atoms with Crippen molar-refractivity contribution in [1.82, 2.24) is 0 Å². The van der Waals surface area contributed by atoms with Crippen molar-refractivity contribution < 1.29 is 27.9 Å². The number of furan rings is 1. The van der Waals surface area contributed by atoms with E-state index in [4.69, 9.17) is 13.9 Å². The number of carbonyl (C=O) groups excluding carboxylic acids is 2. The van der Waals surface area contributed by atoms with Crippen LogP contribution in [0.5, 0.6) is 5.75 Å². The highest BCUT2D eigenvalue weighted by molar-refractivity contribution is 7.17. The number of aryl methyl sites for hydroxylation is 1. The molecule has 32 heavy (non-hydrogen) atoms. The zero-order chi connectivity index (χ0) is 22.7. The number of rotatable bonds is 7. The average Bonchev–Trinajstić information content (AvgIpc) is 3.37. The molecule has 0 saturated heterocycles. The van der Waals surface area contributed by atoms with E-state index in [0.29, 0.717) is 22.1 Å². The molecule has 1 aliphatic rings. The molecule has 0 fully saturated rings. The third kappa shape index (κ3) is 5.02. The van der Waals surface area contributed by atoms with Gasteiger partial charge in [-0.3, -0.25) is 4.79 Å². The summed E-state index contributed by atoms with van der Waals surface area (Å²) in [6.07, 6.45) is 3.52. The highest BCUT2D eigenvalue weighted by Crippen LogP contribution is 2.39. The Kier molecular flexibility index (Phi) is 6.60. The second-order valence-corrected chi connectivity index (χ2v) is 8.94. The smallest absolute Gasteiger partial charge is 0.341 e. The summed E-state index contributed by atoms with van der Waals surface area (Å²) in [5.74, 6) is -0.160. The summed E-state index contributed by atoms with van der Waals surface area (Å²) in [5.41, 5.74) is 1.44. The molecule has 0 aliphatic heterocycles.